The molecule has 0 saturated carbocycles. The van der Waals surface area contributed by atoms with Crippen molar-refractivity contribution >= 4 is 5.91 Å². The summed E-state index contributed by atoms with van der Waals surface area (Å²) >= 11 is 0. The molecule has 0 radical (unpaired) electrons. The van der Waals surface area contributed by atoms with Gasteiger partial charge in [-0.3, -0.25) is 4.79 Å². The van der Waals surface area contributed by atoms with Crippen molar-refractivity contribution in [3.05, 3.63) is 0 Å². The fourth-order valence-corrected chi connectivity index (χ4v) is 1.80. The van der Waals surface area contributed by atoms with Gasteiger partial charge in [-0.05, 0) is 26.2 Å². The number of rotatable bonds is 5. The SMILES string of the molecule is CCCOCCC(=O)N1CCC(C)(O)CC1. The lowest BCUT2D eigenvalue weighted by Crippen LogP contribution is -2.45. The van der Waals surface area contributed by atoms with Crippen LogP contribution in [0.1, 0.15) is 39.5 Å². The summed E-state index contributed by atoms with van der Waals surface area (Å²) in [5, 5.41) is 9.76. The molecule has 1 fully saturated rings. The summed E-state index contributed by atoms with van der Waals surface area (Å²) in [4.78, 5) is 13.6. The van der Waals surface area contributed by atoms with Gasteiger partial charge in [-0.25, -0.2) is 0 Å². The summed E-state index contributed by atoms with van der Waals surface area (Å²) < 4.78 is 5.29. The van der Waals surface area contributed by atoms with Crippen LogP contribution in [0.5, 0.6) is 0 Å². The molecule has 0 unspecified atom stereocenters. The number of nitrogens with zero attached hydrogens (tertiary/aromatic N) is 1. The molecule has 0 bridgehead atoms. The molecule has 1 amide bonds. The normalized spacial score (nSPS) is 19.8. The Morgan fingerprint density at radius 3 is 2.56 bits per heavy atom. The lowest BCUT2D eigenvalue weighted by molar-refractivity contribution is -0.136. The minimum Gasteiger partial charge on any atom is -0.390 e. The van der Waals surface area contributed by atoms with E-state index in [1.165, 1.54) is 0 Å². The third-order valence-corrected chi connectivity index (χ3v) is 3.00. The Labute approximate surface area is 97.6 Å². The van der Waals surface area contributed by atoms with Gasteiger partial charge in [0.25, 0.3) is 0 Å². The van der Waals surface area contributed by atoms with Crippen molar-refractivity contribution in [2.75, 3.05) is 26.3 Å². The van der Waals surface area contributed by atoms with Crippen LogP contribution in [0.3, 0.4) is 0 Å². The molecule has 1 heterocycles. The molecule has 0 aromatic heterocycles. The Bertz CT molecular complexity index is 218. The largest absolute Gasteiger partial charge is 0.390 e. The van der Waals surface area contributed by atoms with Gasteiger partial charge >= 0.3 is 0 Å². The van der Waals surface area contributed by atoms with Crippen LogP contribution in [0.25, 0.3) is 0 Å². The number of aliphatic hydroxyl groups is 1. The molecule has 94 valence electrons. The molecule has 1 rings (SSSR count). The second-order valence-electron chi connectivity index (χ2n) is 4.74. The lowest BCUT2D eigenvalue weighted by Gasteiger charge is -2.35. The zero-order valence-electron chi connectivity index (χ0n) is 10.4. The van der Waals surface area contributed by atoms with Crippen molar-refractivity contribution in [2.45, 2.75) is 45.1 Å². The van der Waals surface area contributed by atoms with E-state index < -0.39 is 5.60 Å². The Balaban J connectivity index is 2.18. The summed E-state index contributed by atoms with van der Waals surface area (Å²) in [5.41, 5.74) is -0.588. The molecule has 1 aliphatic heterocycles. The molecule has 1 saturated heterocycles. The number of ether oxygens (including phenoxy) is 1. The van der Waals surface area contributed by atoms with E-state index in [4.69, 9.17) is 4.74 Å². The Hall–Kier alpha value is -0.610. The van der Waals surface area contributed by atoms with E-state index >= 15 is 0 Å². The average Bonchev–Trinajstić information content (AvgIpc) is 2.24. The summed E-state index contributed by atoms with van der Waals surface area (Å²) in [7, 11) is 0. The second-order valence-corrected chi connectivity index (χ2v) is 4.74. The molecule has 1 aliphatic rings. The van der Waals surface area contributed by atoms with E-state index in [9.17, 15) is 9.90 Å². The topological polar surface area (TPSA) is 49.8 Å². The minimum absolute atomic E-state index is 0.145. The van der Waals surface area contributed by atoms with E-state index in [-0.39, 0.29) is 5.91 Å². The number of hydrogen-bond donors (Lipinski definition) is 1. The zero-order chi connectivity index (χ0) is 12.0. The molecule has 0 aromatic rings. The summed E-state index contributed by atoms with van der Waals surface area (Å²) in [6.45, 7) is 6.45. The molecule has 0 aliphatic carbocycles. The van der Waals surface area contributed by atoms with E-state index in [0.29, 0.717) is 39.0 Å². The van der Waals surface area contributed by atoms with Crippen molar-refractivity contribution in [3.63, 3.8) is 0 Å². The fraction of sp³-hybridized carbons (Fsp3) is 0.917. The maximum atomic E-state index is 11.7. The lowest BCUT2D eigenvalue weighted by atomic mass is 9.94. The molecule has 4 nitrogen and oxygen atoms in total. The molecule has 0 spiro atoms. The third kappa shape index (κ3) is 4.49. The third-order valence-electron chi connectivity index (χ3n) is 3.00. The predicted octanol–water partition coefficient (Wildman–Crippen LogP) is 1.18. The van der Waals surface area contributed by atoms with Crippen LogP contribution in [0.2, 0.25) is 0 Å². The quantitative estimate of drug-likeness (QED) is 0.720. The van der Waals surface area contributed by atoms with Gasteiger partial charge in [-0.1, -0.05) is 6.92 Å². The van der Waals surface area contributed by atoms with Crippen molar-refractivity contribution < 1.29 is 14.6 Å². The van der Waals surface area contributed by atoms with Crippen LogP contribution in [0.4, 0.5) is 0 Å². The molecular formula is C12H23NO3. The molecule has 0 atom stereocenters. The second kappa shape index (κ2) is 6.21. The molecule has 16 heavy (non-hydrogen) atoms. The van der Waals surface area contributed by atoms with Crippen molar-refractivity contribution in [1.82, 2.24) is 4.90 Å². The van der Waals surface area contributed by atoms with Crippen LogP contribution in [0.15, 0.2) is 0 Å². The van der Waals surface area contributed by atoms with E-state index in [1.54, 1.807) is 0 Å². The zero-order valence-corrected chi connectivity index (χ0v) is 10.4. The van der Waals surface area contributed by atoms with E-state index in [1.807, 2.05) is 11.8 Å². The summed E-state index contributed by atoms with van der Waals surface area (Å²) in [5.74, 6) is 0.145. The molecule has 1 N–H and O–H groups in total. The van der Waals surface area contributed by atoms with Crippen molar-refractivity contribution in [3.8, 4) is 0 Å². The highest BCUT2D eigenvalue weighted by molar-refractivity contribution is 5.76. The van der Waals surface area contributed by atoms with Crippen LogP contribution in [-0.4, -0.2) is 47.8 Å². The molecule has 0 aromatic carbocycles. The maximum absolute atomic E-state index is 11.7. The number of carbonyl (C=O) groups excluding carboxylic acids is 1. The van der Waals surface area contributed by atoms with Crippen LogP contribution in [0, 0.1) is 0 Å². The number of amides is 1. The smallest absolute Gasteiger partial charge is 0.224 e. The highest BCUT2D eigenvalue weighted by atomic mass is 16.5. The van der Waals surface area contributed by atoms with Crippen LogP contribution < -0.4 is 0 Å². The highest BCUT2D eigenvalue weighted by Gasteiger charge is 2.29. The van der Waals surface area contributed by atoms with Gasteiger partial charge in [0.15, 0.2) is 0 Å². The van der Waals surface area contributed by atoms with Crippen LogP contribution >= 0.6 is 0 Å². The first kappa shape index (κ1) is 13.5. The van der Waals surface area contributed by atoms with E-state index in [2.05, 4.69) is 6.92 Å². The minimum atomic E-state index is -0.588. The van der Waals surface area contributed by atoms with Gasteiger partial charge in [-0.15, -0.1) is 0 Å². The summed E-state index contributed by atoms with van der Waals surface area (Å²) in [6.07, 6.45) is 2.80. The van der Waals surface area contributed by atoms with Gasteiger partial charge < -0.3 is 14.7 Å². The van der Waals surface area contributed by atoms with Gasteiger partial charge in [-0.2, -0.15) is 0 Å². The summed E-state index contributed by atoms with van der Waals surface area (Å²) in [6, 6.07) is 0. The number of likely N-dealkylation sites (tertiary alicyclic amines) is 1. The first-order chi connectivity index (χ1) is 7.55. The first-order valence-corrected chi connectivity index (χ1v) is 6.13. The monoisotopic (exact) mass is 229 g/mol. The van der Waals surface area contributed by atoms with E-state index in [0.717, 1.165) is 13.0 Å². The average molecular weight is 229 g/mol. The molecule has 4 heteroatoms. The van der Waals surface area contributed by atoms with Gasteiger partial charge in [0.05, 0.1) is 18.6 Å². The van der Waals surface area contributed by atoms with Gasteiger partial charge in [0.1, 0.15) is 0 Å². The maximum Gasteiger partial charge on any atom is 0.224 e. The number of piperidine rings is 1. The highest BCUT2D eigenvalue weighted by Crippen LogP contribution is 2.21. The standard InChI is InChI=1S/C12H23NO3/c1-3-9-16-10-4-11(14)13-7-5-12(2,15)6-8-13/h15H,3-10H2,1-2H3. The number of hydrogen-bond acceptors (Lipinski definition) is 3. The molecular weight excluding hydrogens is 206 g/mol. The Kier molecular flexibility index (Phi) is 5.22. The van der Waals surface area contributed by atoms with Gasteiger partial charge in [0, 0.05) is 19.7 Å². The first-order valence-electron chi connectivity index (χ1n) is 6.13. The fourth-order valence-electron chi connectivity index (χ4n) is 1.80. The van der Waals surface area contributed by atoms with Crippen LogP contribution in [-0.2, 0) is 9.53 Å². The number of carbonyl (C=O) groups is 1. The van der Waals surface area contributed by atoms with Gasteiger partial charge in [0.2, 0.25) is 5.91 Å². The Morgan fingerprint density at radius 2 is 2.00 bits per heavy atom. The van der Waals surface area contributed by atoms with Crippen molar-refractivity contribution in [1.29, 1.82) is 0 Å². The van der Waals surface area contributed by atoms with Crippen molar-refractivity contribution in [2.24, 2.45) is 0 Å². The predicted molar refractivity (Wildman–Crippen MR) is 62.2 cm³/mol. The Morgan fingerprint density at radius 1 is 1.38 bits per heavy atom.